The van der Waals surface area contributed by atoms with E-state index in [2.05, 4.69) is 19.8 Å². The van der Waals surface area contributed by atoms with Crippen molar-refractivity contribution in [1.82, 2.24) is 0 Å². The molecule has 0 unspecified atom stereocenters. The van der Waals surface area contributed by atoms with Crippen LogP contribution in [0.2, 0.25) is 0 Å². The van der Waals surface area contributed by atoms with Crippen molar-refractivity contribution in [3.8, 4) is 0 Å². The topological polar surface area (TPSA) is 0 Å². The lowest BCUT2D eigenvalue weighted by atomic mass is 10.4. The number of allylic oxidation sites excluding steroid dienone is 3. The van der Waals surface area contributed by atoms with E-state index in [4.69, 9.17) is 0 Å². The third-order valence-corrected chi connectivity index (χ3v) is 1.86. The molecule has 0 aromatic rings. The molecule has 0 saturated heterocycles. The minimum Gasteiger partial charge on any atom is -0.134 e. The zero-order chi connectivity index (χ0) is 8.41. The van der Waals surface area contributed by atoms with Gasteiger partial charge in [0.1, 0.15) is 0 Å². The first-order valence-corrected chi connectivity index (χ1v) is 4.93. The molecule has 0 fully saturated rings. The van der Waals surface area contributed by atoms with E-state index in [0.29, 0.717) is 0 Å². The summed E-state index contributed by atoms with van der Waals surface area (Å²) >= 11 is 1.78. The van der Waals surface area contributed by atoms with Crippen molar-refractivity contribution in [3.63, 3.8) is 0 Å². The summed E-state index contributed by atoms with van der Waals surface area (Å²) in [6.45, 7) is 9.75. The maximum atomic E-state index is 3.61. The van der Waals surface area contributed by atoms with Crippen molar-refractivity contribution in [2.75, 3.05) is 6.26 Å². The molecule has 0 atom stereocenters. The molecule has 10 heavy (non-hydrogen) atoms. The summed E-state index contributed by atoms with van der Waals surface area (Å²) < 4.78 is 0. The monoisotopic (exact) mass is 158 g/mol. The minimum atomic E-state index is 1.12. The van der Waals surface area contributed by atoms with Crippen molar-refractivity contribution in [3.05, 3.63) is 23.6 Å². The molecule has 1 heteroatoms. The lowest BCUT2D eigenvalue weighted by Crippen LogP contribution is -1.67. The zero-order valence-corrected chi connectivity index (χ0v) is 8.29. The smallest absolute Gasteiger partial charge is 0.0140 e. The predicted molar refractivity (Wildman–Crippen MR) is 53.4 cm³/mol. The highest BCUT2D eigenvalue weighted by Crippen LogP contribution is 2.14. The average Bonchev–Trinajstić information content (AvgIpc) is 2.04. The van der Waals surface area contributed by atoms with Crippen molar-refractivity contribution >= 4 is 11.8 Å². The normalized spacial score (nSPS) is 9.80. The van der Waals surface area contributed by atoms with Crippen molar-refractivity contribution in [2.24, 2.45) is 0 Å². The molecule has 0 bridgehead atoms. The second-order valence-electron chi connectivity index (χ2n) is 1.43. The van der Waals surface area contributed by atoms with E-state index in [9.17, 15) is 0 Å². The van der Waals surface area contributed by atoms with E-state index in [1.165, 1.54) is 4.91 Å². The summed E-state index contributed by atoms with van der Waals surface area (Å²) in [5, 5.41) is 0. The molecule has 0 heterocycles. The van der Waals surface area contributed by atoms with Gasteiger partial charge in [0.15, 0.2) is 0 Å². The standard InChI is InChI=1S/C7H12S.C2H6/c1-4-6-7(5-2)8-3;1-2/h4,6H,1,5H2,2-3H3;1-2H3/b7-6-;. The van der Waals surface area contributed by atoms with E-state index in [0.717, 1.165) is 6.42 Å². The van der Waals surface area contributed by atoms with Crippen LogP contribution < -0.4 is 0 Å². The quantitative estimate of drug-likeness (QED) is 0.562. The third kappa shape index (κ3) is 7.83. The zero-order valence-electron chi connectivity index (χ0n) is 7.48. The highest BCUT2D eigenvalue weighted by Gasteiger charge is 1.84. The van der Waals surface area contributed by atoms with Crippen LogP contribution in [0.1, 0.15) is 27.2 Å². The van der Waals surface area contributed by atoms with Crippen molar-refractivity contribution in [1.29, 1.82) is 0 Å². The molecule has 0 rings (SSSR count). The van der Waals surface area contributed by atoms with Gasteiger partial charge >= 0.3 is 0 Å². The van der Waals surface area contributed by atoms with Gasteiger partial charge in [0.25, 0.3) is 0 Å². The molecule has 0 aliphatic heterocycles. The fourth-order valence-corrected chi connectivity index (χ4v) is 0.983. The van der Waals surface area contributed by atoms with Crippen molar-refractivity contribution < 1.29 is 0 Å². The molecule has 60 valence electrons. The van der Waals surface area contributed by atoms with Gasteiger partial charge in [-0.15, -0.1) is 11.8 Å². The maximum Gasteiger partial charge on any atom is -0.0140 e. The predicted octanol–water partition coefficient (Wildman–Crippen LogP) is 3.86. The van der Waals surface area contributed by atoms with E-state index >= 15 is 0 Å². The van der Waals surface area contributed by atoms with Crippen LogP contribution in [0.4, 0.5) is 0 Å². The van der Waals surface area contributed by atoms with Gasteiger partial charge in [0.05, 0.1) is 0 Å². The lowest BCUT2D eigenvalue weighted by Gasteiger charge is -1.93. The molecule has 0 aromatic heterocycles. The molecule has 0 radical (unpaired) electrons. The first-order chi connectivity index (χ1) is 4.85. The molecule has 0 nitrogen and oxygen atoms in total. The number of rotatable bonds is 3. The fourth-order valence-electron chi connectivity index (χ4n) is 0.462. The first-order valence-electron chi connectivity index (χ1n) is 3.70. The van der Waals surface area contributed by atoms with Gasteiger partial charge in [-0.2, -0.15) is 0 Å². The molecule has 0 amide bonds. The Kier molecular flexibility index (Phi) is 14.5. The van der Waals surface area contributed by atoms with Crippen LogP contribution in [0.15, 0.2) is 23.6 Å². The van der Waals surface area contributed by atoms with Gasteiger partial charge in [-0.1, -0.05) is 39.5 Å². The summed E-state index contributed by atoms with van der Waals surface area (Å²) in [6.07, 6.45) is 7.08. The SMILES string of the molecule is C=C/C=C(/CC)SC.CC. The Hall–Kier alpha value is -0.170. The van der Waals surface area contributed by atoms with Gasteiger partial charge in [-0.05, 0) is 17.6 Å². The second-order valence-corrected chi connectivity index (χ2v) is 2.36. The fraction of sp³-hybridized carbons (Fsp3) is 0.556. The summed E-state index contributed by atoms with van der Waals surface area (Å²) in [7, 11) is 0. The molecular formula is C9H18S. The van der Waals surface area contributed by atoms with Gasteiger partial charge in [0, 0.05) is 0 Å². The molecule has 0 N–H and O–H groups in total. The number of thioether (sulfide) groups is 1. The van der Waals surface area contributed by atoms with Crippen LogP contribution >= 0.6 is 11.8 Å². The molecule has 0 spiro atoms. The molecular weight excluding hydrogens is 140 g/mol. The highest BCUT2D eigenvalue weighted by atomic mass is 32.2. The van der Waals surface area contributed by atoms with Crippen LogP contribution in [0.5, 0.6) is 0 Å². The maximum absolute atomic E-state index is 3.61. The van der Waals surface area contributed by atoms with Crippen molar-refractivity contribution in [2.45, 2.75) is 27.2 Å². The summed E-state index contributed by atoms with van der Waals surface area (Å²) in [5.74, 6) is 0. The summed E-state index contributed by atoms with van der Waals surface area (Å²) in [4.78, 5) is 1.39. The van der Waals surface area contributed by atoms with Gasteiger partial charge in [-0.25, -0.2) is 0 Å². The highest BCUT2D eigenvalue weighted by molar-refractivity contribution is 8.02. The van der Waals surface area contributed by atoms with E-state index in [1.54, 1.807) is 11.8 Å². The largest absolute Gasteiger partial charge is 0.134 e. The van der Waals surface area contributed by atoms with Gasteiger partial charge < -0.3 is 0 Å². The summed E-state index contributed by atoms with van der Waals surface area (Å²) in [6, 6.07) is 0. The van der Waals surface area contributed by atoms with Gasteiger partial charge in [0.2, 0.25) is 0 Å². The van der Waals surface area contributed by atoms with E-state index in [-0.39, 0.29) is 0 Å². The Morgan fingerprint density at radius 3 is 2.10 bits per heavy atom. The third-order valence-electron chi connectivity index (χ3n) is 0.914. The van der Waals surface area contributed by atoms with Crippen LogP contribution in [0, 0.1) is 0 Å². The second kappa shape index (κ2) is 11.6. The van der Waals surface area contributed by atoms with E-state index < -0.39 is 0 Å². The molecule has 0 aliphatic carbocycles. The molecule has 0 aromatic carbocycles. The molecule has 0 aliphatic rings. The van der Waals surface area contributed by atoms with Gasteiger partial charge in [-0.3, -0.25) is 0 Å². The van der Waals surface area contributed by atoms with Crippen LogP contribution in [-0.4, -0.2) is 6.26 Å². The Labute approximate surface area is 69.4 Å². The Bertz CT molecular complexity index is 86.9. The average molecular weight is 158 g/mol. The first kappa shape index (κ1) is 12.5. The summed E-state index contributed by atoms with van der Waals surface area (Å²) in [5.41, 5.74) is 0. The Morgan fingerprint density at radius 2 is 2.00 bits per heavy atom. The Balaban J connectivity index is 0. The molecule has 0 saturated carbocycles. The number of hydrogen-bond donors (Lipinski definition) is 0. The van der Waals surface area contributed by atoms with E-state index in [1.807, 2.05) is 26.0 Å². The van der Waals surface area contributed by atoms with Crippen LogP contribution in [0.3, 0.4) is 0 Å². The lowest BCUT2D eigenvalue weighted by molar-refractivity contribution is 1.20. The van der Waals surface area contributed by atoms with Crippen LogP contribution in [-0.2, 0) is 0 Å². The van der Waals surface area contributed by atoms with Crippen LogP contribution in [0.25, 0.3) is 0 Å². The minimum absolute atomic E-state index is 1.12. The Morgan fingerprint density at radius 1 is 1.50 bits per heavy atom. The number of hydrogen-bond acceptors (Lipinski definition) is 1.